The summed E-state index contributed by atoms with van der Waals surface area (Å²) in [4.78, 5) is 9.05. The van der Waals surface area contributed by atoms with Crippen LogP contribution in [-0.4, -0.2) is 69.5 Å². The third-order valence-electron chi connectivity index (χ3n) is 3.92. The molecule has 0 N–H and O–H groups in total. The molecule has 2 rings (SSSR count). The molecular weight excluding hydrogens is 316 g/mol. The molecule has 126 valence electrons. The van der Waals surface area contributed by atoms with Crippen LogP contribution < -0.4 is 4.90 Å². The van der Waals surface area contributed by atoms with Gasteiger partial charge in [0, 0.05) is 39.8 Å². The van der Waals surface area contributed by atoms with Gasteiger partial charge in [0.05, 0.1) is 36.1 Å². The maximum Gasteiger partial charge on any atom is 0.147 e. The third-order valence-corrected chi connectivity index (χ3v) is 4.20. The van der Waals surface area contributed by atoms with Crippen LogP contribution in [0, 0.1) is 18.3 Å². The predicted octanol–water partition coefficient (Wildman–Crippen LogP) is 1.70. The van der Waals surface area contributed by atoms with E-state index in [0.717, 1.165) is 50.8 Å². The zero-order valence-electron chi connectivity index (χ0n) is 13.7. The summed E-state index contributed by atoms with van der Waals surface area (Å²) in [6, 6.07) is 3.82. The van der Waals surface area contributed by atoms with Gasteiger partial charge in [0.2, 0.25) is 0 Å². The van der Waals surface area contributed by atoms with Crippen molar-refractivity contribution in [3.63, 3.8) is 0 Å². The number of rotatable bonds is 7. The number of halogens is 1. The number of hydrogen-bond donors (Lipinski definition) is 0. The molecule has 1 saturated heterocycles. The molecule has 1 aromatic rings. The Hall–Kier alpha value is -1.39. The normalized spacial score (nSPS) is 15.7. The average Bonchev–Trinajstić information content (AvgIpc) is 2.57. The summed E-state index contributed by atoms with van der Waals surface area (Å²) in [6.07, 6.45) is 0. The maximum atomic E-state index is 9.03. The summed E-state index contributed by atoms with van der Waals surface area (Å²) in [6.45, 7) is 8.40. The summed E-state index contributed by atoms with van der Waals surface area (Å²) in [7, 11) is 1.67. The van der Waals surface area contributed by atoms with Crippen molar-refractivity contribution in [1.82, 2.24) is 9.88 Å². The summed E-state index contributed by atoms with van der Waals surface area (Å²) in [5.74, 6) is 0.777. The van der Waals surface area contributed by atoms with Crippen LogP contribution in [0.4, 0.5) is 5.82 Å². The van der Waals surface area contributed by atoms with Gasteiger partial charge in [-0.15, -0.1) is 0 Å². The summed E-state index contributed by atoms with van der Waals surface area (Å²) in [5.41, 5.74) is 1.26. The van der Waals surface area contributed by atoms with Crippen molar-refractivity contribution in [3.8, 4) is 6.07 Å². The van der Waals surface area contributed by atoms with Gasteiger partial charge < -0.3 is 14.4 Å². The van der Waals surface area contributed by atoms with Crippen LogP contribution in [0.3, 0.4) is 0 Å². The van der Waals surface area contributed by atoms with Crippen LogP contribution >= 0.6 is 11.6 Å². The first-order chi connectivity index (χ1) is 11.2. The number of anilines is 1. The van der Waals surface area contributed by atoms with E-state index in [9.17, 15) is 0 Å². The number of nitrogens with zero attached hydrogens (tertiary/aromatic N) is 4. The van der Waals surface area contributed by atoms with E-state index in [0.29, 0.717) is 23.8 Å². The van der Waals surface area contributed by atoms with Crippen LogP contribution in [0.25, 0.3) is 0 Å². The first-order valence-electron chi connectivity index (χ1n) is 7.77. The number of pyridine rings is 1. The molecule has 7 heteroatoms. The monoisotopic (exact) mass is 338 g/mol. The Bertz CT molecular complexity index is 554. The minimum absolute atomic E-state index is 0.533. The highest BCUT2D eigenvalue weighted by molar-refractivity contribution is 6.33. The Morgan fingerprint density at radius 3 is 2.65 bits per heavy atom. The molecule has 0 spiro atoms. The lowest BCUT2D eigenvalue weighted by molar-refractivity contribution is 0.0563. The first-order valence-corrected chi connectivity index (χ1v) is 8.14. The van der Waals surface area contributed by atoms with Gasteiger partial charge in [0.25, 0.3) is 0 Å². The number of nitriles is 1. The first kappa shape index (κ1) is 18.0. The predicted molar refractivity (Wildman–Crippen MR) is 90.0 cm³/mol. The summed E-state index contributed by atoms with van der Waals surface area (Å²) in [5, 5.41) is 9.57. The minimum atomic E-state index is 0.533. The fourth-order valence-corrected chi connectivity index (χ4v) is 2.80. The molecule has 0 radical (unpaired) electrons. The van der Waals surface area contributed by atoms with Gasteiger partial charge in [-0.2, -0.15) is 5.26 Å². The maximum absolute atomic E-state index is 9.03. The zero-order valence-corrected chi connectivity index (χ0v) is 14.5. The molecule has 0 atom stereocenters. The highest BCUT2D eigenvalue weighted by Gasteiger charge is 2.20. The number of piperazine rings is 1. The standard InChI is InChI=1S/C16H23ClN4O2/c1-13-14(12-18)11-15(17)16(19-13)21-5-3-20(4-6-21)7-8-23-10-9-22-2/h11H,3-10H2,1-2H3. The lowest BCUT2D eigenvalue weighted by Crippen LogP contribution is -2.47. The van der Waals surface area contributed by atoms with Crippen molar-refractivity contribution in [3.05, 3.63) is 22.3 Å². The van der Waals surface area contributed by atoms with E-state index in [2.05, 4.69) is 20.9 Å². The second-order valence-corrected chi connectivity index (χ2v) is 5.88. The molecule has 6 nitrogen and oxygen atoms in total. The fourth-order valence-electron chi connectivity index (χ4n) is 2.52. The van der Waals surface area contributed by atoms with Crippen LogP contribution in [-0.2, 0) is 9.47 Å². The van der Waals surface area contributed by atoms with Gasteiger partial charge in [-0.3, -0.25) is 4.90 Å². The second-order valence-electron chi connectivity index (χ2n) is 5.47. The van der Waals surface area contributed by atoms with Crippen molar-refractivity contribution in [1.29, 1.82) is 5.26 Å². The lowest BCUT2D eigenvalue weighted by Gasteiger charge is -2.35. The van der Waals surface area contributed by atoms with Crippen molar-refractivity contribution in [2.45, 2.75) is 6.92 Å². The summed E-state index contributed by atoms with van der Waals surface area (Å²) >= 11 is 6.28. The Morgan fingerprint density at radius 2 is 2.00 bits per heavy atom. The van der Waals surface area contributed by atoms with E-state index in [-0.39, 0.29) is 0 Å². The molecule has 2 heterocycles. The molecule has 1 aliphatic rings. The molecule has 0 unspecified atom stereocenters. The molecule has 0 saturated carbocycles. The van der Waals surface area contributed by atoms with Gasteiger partial charge in [0.1, 0.15) is 11.9 Å². The molecule has 1 aliphatic heterocycles. The highest BCUT2D eigenvalue weighted by Crippen LogP contribution is 2.26. The van der Waals surface area contributed by atoms with Gasteiger partial charge in [-0.05, 0) is 13.0 Å². The molecule has 23 heavy (non-hydrogen) atoms. The number of aromatic nitrogens is 1. The quantitative estimate of drug-likeness (QED) is 0.705. The van der Waals surface area contributed by atoms with Crippen LogP contribution in [0.2, 0.25) is 5.02 Å². The fraction of sp³-hybridized carbons (Fsp3) is 0.625. The molecule has 1 fully saturated rings. The minimum Gasteiger partial charge on any atom is -0.382 e. The molecule has 0 bridgehead atoms. The van der Waals surface area contributed by atoms with E-state index in [1.165, 1.54) is 0 Å². The topological polar surface area (TPSA) is 61.6 Å². The molecule has 0 aliphatic carbocycles. The van der Waals surface area contributed by atoms with Crippen molar-refractivity contribution in [2.75, 3.05) is 64.6 Å². The molecule has 1 aromatic heterocycles. The molecular formula is C16H23ClN4O2. The second kappa shape index (κ2) is 9.04. The van der Waals surface area contributed by atoms with Crippen LogP contribution in [0.1, 0.15) is 11.3 Å². The number of aryl methyl sites for hydroxylation is 1. The van der Waals surface area contributed by atoms with Gasteiger partial charge in [0.15, 0.2) is 0 Å². The lowest BCUT2D eigenvalue weighted by atomic mass is 10.2. The Kier molecular flexibility index (Phi) is 7.06. The Labute approximate surface area is 142 Å². The highest BCUT2D eigenvalue weighted by atomic mass is 35.5. The van der Waals surface area contributed by atoms with Crippen molar-refractivity contribution in [2.24, 2.45) is 0 Å². The van der Waals surface area contributed by atoms with E-state index in [4.69, 9.17) is 26.3 Å². The van der Waals surface area contributed by atoms with Gasteiger partial charge in [-0.1, -0.05) is 11.6 Å². The van der Waals surface area contributed by atoms with E-state index >= 15 is 0 Å². The number of hydrogen-bond acceptors (Lipinski definition) is 6. The SMILES string of the molecule is COCCOCCN1CCN(c2nc(C)c(C#N)cc2Cl)CC1. The third kappa shape index (κ3) is 5.05. The average molecular weight is 339 g/mol. The Morgan fingerprint density at radius 1 is 1.26 bits per heavy atom. The number of methoxy groups -OCH3 is 1. The van der Waals surface area contributed by atoms with E-state index in [1.54, 1.807) is 13.2 Å². The largest absolute Gasteiger partial charge is 0.382 e. The Balaban J connectivity index is 1.83. The number of ether oxygens (including phenoxy) is 2. The summed E-state index contributed by atoms with van der Waals surface area (Å²) < 4.78 is 10.5. The van der Waals surface area contributed by atoms with Gasteiger partial charge in [-0.25, -0.2) is 4.98 Å². The molecule has 0 amide bonds. The smallest absolute Gasteiger partial charge is 0.147 e. The van der Waals surface area contributed by atoms with Crippen LogP contribution in [0.15, 0.2) is 6.07 Å². The van der Waals surface area contributed by atoms with E-state index in [1.807, 2.05) is 6.92 Å². The van der Waals surface area contributed by atoms with E-state index < -0.39 is 0 Å². The zero-order chi connectivity index (χ0) is 16.7. The van der Waals surface area contributed by atoms with Crippen molar-refractivity contribution < 1.29 is 9.47 Å². The van der Waals surface area contributed by atoms with Gasteiger partial charge >= 0.3 is 0 Å². The van der Waals surface area contributed by atoms with Crippen LogP contribution in [0.5, 0.6) is 0 Å². The molecule has 0 aromatic carbocycles. The van der Waals surface area contributed by atoms with Crippen molar-refractivity contribution >= 4 is 17.4 Å².